The molecule has 0 aromatic rings. The van der Waals surface area contributed by atoms with Crippen LogP contribution in [0.15, 0.2) is 23.8 Å². The van der Waals surface area contributed by atoms with E-state index in [1.807, 2.05) is 0 Å². The van der Waals surface area contributed by atoms with E-state index in [2.05, 4.69) is 9.62 Å². The first-order valence-corrected chi connectivity index (χ1v) is 3.70. The topological polar surface area (TPSA) is 68.0 Å². The Balaban J connectivity index is 2.30. The molecule has 0 aromatic carbocycles. The normalized spacial score (nSPS) is 34.9. The number of carbonyl (C=O) groups excluding carboxylic acids is 1. The quantitative estimate of drug-likeness (QED) is 0.264. The molecule has 2 aliphatic rings. The van der Waals surface area contributed by atoms with Crippen LogP contribution in [0.4, 0.5) is 0 Å². The number of allylic oxidation sites excluding steroid dienone is 2. The Morgan fingerprint density at radius 1 is 1.69 bits per heavy atom. The second kappa shape index (κ2) is 2.66. The number of rotatable bonds is 2. The smallest absolute Gasteiger partial charge is 0.339 e. The van der Waals surface area contributed by atoms with Crippen molar-refractivity contribution in [3.63, 3.8) is 0 Å². The fraction of sp³-hybridized carbons (Fsp3) is 0.375. The summed E-state index contributed by atoms with van der Waals surface area (Å²) >= 11 is 0. The summed E-state index contributed by atoms with van der Waals surface area (Å²) in [5, 5.41) is 10.4. The molecule has 1 aliphatic carbocycles. The highest BCUT2D eigenvalue weighted by Crippen LogP contribution is 2.46. The average Bonchev–Trinajstić information content (AvgIpc) is 2.90. The van der Waals surface area contributed by atoms with Gasteiger partial charge in [-0.2, -0.15) is 4.89 Å². The van der Waals surface area contributed by atoms with Crippen molar-refractivity contribution in [2.45, 2.75) is 11.9 Å². The van der Waals surface area contributed by atoms with E-state index in [1.54, 1.807) is 12.2 Å². The van der Waals surface area contributed by atoms with Gasteiger partial charge >= 0.3 is 5.97 Å². The van der Waals surface area contributed by atoms with E-state index in [-0.39, 0.29) is 5.57 Å². The fourth-order valence-electron chi connectivity index (χ4n) is 1.34. The van der Waals surface area contributed by atoms with Gasteiger partial charge in [0.05, 0.1) is 7.11 Å². The number of esters is 1. The number of methoxy groups -OCH3 is 1. The van der Waals surface area contributed by atoms with Gasteiger partial charge in [-0.1, -0.05) is 6.08 Å². The zero-order chi connectivity index (χ0) is 9.47. The molecule has 1 fully saturated rings. The monoisotopic (exact) mass is 183 g/mol. The molecule has 0 spiro atoms. The first-order valence-electron chi connectivity index (χ1n) is 3.70. The van der Waals surface area contributed by atoms with Gasteiger partial charge in [-0.15, -0.1) is 0 Å². The molecule has 1 heterocycles. The van der Waals surface area contributed by atoms with Crippen LogP contribution in [0.25, 0.3) is 0 Å². The Kier molecular flexibility index (Phi) is 1.73. The number of carbonyl (C=O) groups is 1. The molecule has 0 amide bonds. The van der Waals surface area contributed by atoms with Gasteiger partial charge in [0.25, 0.3) is 5.79 Å². The summed E-state index contributed by atoms with van der Waals surface area (Å²) in [6.45, 7) is 0. The van der Waals surface area contributed by atoms with Gasteiger partial charge in [0, 0.05) is 0 Å². The molecule has 0 saturated carbocycles. The summed E-state index contributed by atoms with van der Waals surface area (Å²) in [6.07, 6.45) is 4.27. The van der Waals surface area contributed by atoms with Crippen LogP contribution in [-0.4, -0.2) is 25.0 Å². The van der Waals surface area contributed by atoms with Crippen molar-refractivity contribution in [2.24, 2.45) is 0 Å². The van der Waals surface area contributed by atoms with Crippen LogP contribution in [-0.2, 0) is 24.4 Å². The Labute approximate surface area is 74.1 Å². The minimum absolute atomic E-state index is 0.109. The highest BCUT2D eigenvalue weighted by atomic mass is 17.2. The van der Waals surface area contributed by atoms with Crippen LogP contribution < -0.4 is 0 Å². The summed E-state index contributed by atoms with van der Waals surface area (Å²) in [6, 6.07) is 0. The van der Waals surface area contributed by atoms with Gasteiger partial charge < -0.3 is 9.47 Å². The first-order chi connectivity index (χ1) is 6.24. The molecular weight excluding hydrogens is 176 g/mol. The lowest BCUT2D eigenvalue weighted by atomic mass is 10.0. The minimum Gasteiger partial charge on any atom is -0.466 e. The standard InChI is InChI=1S/C8H7O5/c1-11-7(9)5-3-2-4-6-8(5,12-6)13-10/h2-4,6H,1H3. The van der Waals surface area contributed by atoms with Crippen molar-refractivity contribution in [1.29, 1.82) is 0 Å². The van der Waals surface area contributed by atoms with Crippen molar-refractivity contribution in [3.05, 3.63) is 23.8 Å². The molecule has 2 atom stereocenters. The molecule has 0 aromatic heterocycles. The van der Waals surface area contributed by atoms with Crippen LogP contribution >= 0.6 is 0 Å². The molecule has 13 heavy (non-hydrogen) atoms. The summed E-state index contributed by atoms with van der Waals surface area (Å²) < 4.78 is 9.43. The Morgan fingerprint density at radius 2 is 2.46 bits per heavy atom. The molecule has 1 saturated heterocycles. The molecular formula is C8H7O5. The molecule has 69 valence electrons. The molecule has 5 heteroatoms. The molecule has 0 bridgehead atoms. The fourth-order valence-corrected chi connectivity index (χ4v) is 1.34. The SMILES string of the molecule is COC(=O)C1=CC=CC2OC12O[O]. The van der Waals surface area contributed by atoms with E-state index < -0.39 is 17.9 Å². The van der Waals surface area contributed by atoms with Crippen molar-refractivity contribution >= 4 is 5.97 Å². The molecule has 2 unspecified atom stereocenters. The third-order valence-electron chi connectivity index (χ3n) is 2.07. The maximum absolute atomic E-state index is 11.1. The number of fused-ring (bicyclic) bond motifs is 1. The maximum atomic E-state index is 11.1. The second-order valence-corrected chi connectivity index (χ2v) is 2.75. The van der Waals surface area contributed by atoms with E-state index in [0.717, 1.165) is 0 Å². The van der Waals surface area contributed by atoms with Crippen LogP contribution in [0.3, 0.4) is 0 Å². The van der Waals surface area contributed by atoms with Crippen molar-refractivity contribution < 1.29 is 24.4 Å². The number of hydrogen-bond acceptors (Lipinski definition) is 4. The Bertz CT molecular complexity index is 306. The van der Waals surface area contributed by atoms with Crippen LogP contribution in [0.2, 0.25) is 0 Å². The zero-order valence-corrected chi connectivity index (χ0v) is 6.85. The van der Waals surface area contributed by atoms with Crippen molar-refractivity contribution in [2.75, 3.05) is 7.11 Å². The van der Waals surface area contributed by atoms with Gasteiger partial charge in [-0.3, -0.25) is 0 Å². The molecule has 2 rings (SSSR count). The van der Waals surface area contributed by atoms with Gasteiger partial charge in [0.1, 0.15) is 11.7 Å². The van der Waals surface area contributed by atoms with Gasteiger partial charge in [0.2, 0.25) is 0 Å². The highest BCUT2D eigenvalue weighted by Gasteiger charge is 2.64. The lowest BCUT2D eigenvalue weighted by Crippen LogP contribution is -2.27. The minimum atomic E-state index is -1.43. The molecule has 1 aliphatic heterocycles. The predicted molar refractivity (Wildman–Crippen MR) is 38.6 cm³/mol. The Morgan fingerprint density at radius 3 is 3.08 bits per heavy atom. The number of epoxide rings is 1. The van der Waals surface area contributed by atoms with E-state index in [4.69, 9.17) is 4.74 Å². The molecule has 5 nitrogen and oxygen atoms in total. The van der Waals surface area contributed by atoms with Gasteiger partial charge in [-0.05, 0) is 17.4 Å². The van der Waals surface area contributed by atoms with Gasteiger partial charge in [-0.25, -0.2) is 4.79 Å². The molecule has 0 N–H and O–H groups in total. The predicted octanol–water partition coefficient (Wildman–Crippen LogP) is 0.113. The lowest BCUT2D eigenvalue weighted by molar-refractivity contribution is -0.358. The van der Waals surface area contributed by atoms with Crippen LogP contribution in [0.1, 0.15) is 0 Å². The third kappa shape index (κ3) is 1.02. The van der Waals surface area contributed by atoms with Crippen molar-refractivity contribution in [3.8, 4) is 0 Å². The Hall–Kier alpha value is -1.17. The summed E-state index contributed by atoms with van der Waals surface area (Å²) in [4.78, 5) is 15.0. The summed E-state index contributed by atoms with van der Waals surface area (Å²) in [7, 11) is 1.23. The third-order valence-corrected chi connectivity index (χ3v) is 2.07. The van der Waals surface area contributed by atoms with E-state index in [1.165, 1.54) is 13.2 Å². The van der Waals surface area contributed by atoms with Crippen LogP contribution in [0.5, 0.6) is 0 Å². The second-order valence-electron chi connectivity index (χ2n) is 2.75. The van der Waals surface area contributed by atoms with Crippen molar-refractivity contribution in [1.82, 2.24) is 0 Å². The van der Waals surface area contributed by atoms with Gasteiger partial charge in [0.15, 0.2) is 0 Å². The highest BCUT2D eigenvalue weighted by molar-refractivity contribution is 5.92. The largest absolute Gasteiger partial charge is 0.466 e. The number of ether oxygens (including phenoxy) is 2. The maximum Gasteiger partial charge on any atom is 0.339 e. The zero-order valence-electron chi connectivity index (χ0n) is 6.85. The van der Waals surface area contributed by atoms with E-state index in [0.29, 0.717) is 0 Å². The van der Waals surface area contributed by atoms with E-state index >= 15 is 0 Å². The summed E-state index contributed by atoms with van der Waals surface area (Å²) in [5.74, 6) is -2.04. The lowest BCUT2D eigenvalue weighted by Gasteiger charge is -2.11. The van der Waals surface area contributed by atoms with Crippen LogP contribution in [0, 0.1) is 0 Å². The first kappa shape index (κ1) is 8.43. The average molecular weight is 183 g/mol. The number of hydrogen-bond donors (Lipinski definition) is 0. The van der Waals surface area contributed by atoms with E-state index in [9.17, 15) is 10.1 Å². The molecule has 1 radical (unpaired) electrons. The summed E-state index contributed by atoms with van der Waals surface area (Å²) in [5.41, 5.74) is 0.109.